The minimum atomic E-state index is -0.0404. The van der Waals surface area contributed by atoms with E-state index in [1.54, 1.807) is 0 Å². The minimum absolute atomic E-state index is 0.0404. The Bertz CT molecular complexity index is 450. The Morgan fingerprint density at radius 3 is 2.74 bits per heavy atom. The predicted molar refractivity (Wildman–Crippen MR) is 78.2 cm³/mol. The van der Waals surface area contributed by atoms with Crippen LogP contribution in [0.1, 0.15) is 37.8 Å². The van der Waals surface area contributed by atoms with E-state index in [9.17, 15) is 4.79 Å². The molecule has 104 valence electrons. The third-order valence-electron chi connectivity index (χ3n) is 3.66. The van der Waals surface area contributed by atoms with Crippen molar-refractivity contribution in [3.05, 3.63) is 35.4 Å². The molecular formula is C16H24N2O. The van der Waals surface area contributed by atoms with Crippen LogP contribution in [0.4, 0.5) is 0 Å². The molecule has 1 fully saturated rings. The van der Waals surface area contributed by atoms with Crippen molar-refractivity contribution in [2.75, 3.05) is 13.1 Å². The van der Waals surface area contributed by atoms with Crippen molar-refractivity contribution in [2.45, 2.75) is 45.1 Å². The van der Waals surface area contributed by atoms with Crippen LogP contribution in [0.5, 0.6) is 0 Å². The number of hydrogen-bond acceptors (Lipinski definition) is 2. The van der Waals surface area contributed by atoms with Gasteiger partial charge in [0, 0.05) is 18.0 Å². The number of carbonyl (C=O) groups is 1. The minimum Gasteiger partial charge on any atom is -0.354 e. The Balaban J connectivity index is 1.84. The van der Waals surface area contributed by atoms with Crippen molar-refractivity contribution in [1.82, 2.24) is 10.6 Å². The summed E-state index contributed by atoms with van der Waals surface area (Å²) in [5.41, 5.74) is 2.48. The van der Waals surface area contributed by atoms with Crippen LogP contribution >= 0.6 is 0 Å². The molecule has 1 amide bonds. The van der Waals surface area contributed by atoms with Gasteiger partial charge in [-0.2, -0.15) is 0 Å². The maximum Gasteiger partial charge on any atom is 0.233 e. The molecule has 2 N–H and O–H groups in total. The van der Waals surface area contributed by atoms with Gasteiger partial charge >= 0.3 is 0 Å². The number of aryl methyl sites for hydroxylation is 1. The summed E-state index contributed by atoms with van der Waals surface area (Å²) in [6, 6.07) is 9.06. The van der Waals surface area contributed by atoms with E-state index >= 15 is 0 Å². The fourth-order valence-corrected chi connectivity index (χ4v) is 2.07. The molecule has 1 aromatic rings. The predicted octanol–water partition coefficient (Wildman–Crippen LogP) is 2.14. The molecule has 2 rings (SSSR count). The third-order valence-corrected chi connectivity index (χ3v) is 3.66. The van der Waals surface area contributed by atoms with Crippen molar-refractivity contribution < 1.29 is 4.79 Å². The van der Waals surface area contributed by atoms with Gasteiger partial charge in [0.1, 0.15) is 0 Å². The lowest BCUT2D eigenvalue weighted by Crippen LogP contribution is -2.41. The molecule has 0 heterocycles. The second kappa shape index (κ2) is 5.74. The molecule has 19 heavy (non-hydrogen) atoms. The molecule has 1 aliphatic rings. The highest BCUT2D eigenvalue weighted by molar-refractivity contribution is 5.78. The monoisotopic (exact) mass is 260 g/mol. The van der Waals surface area contributed by atoms with Gasteiger partial charge in [-0.25, -0.2) is 0 Å². The number of hydrogen-bond donors (Lipinski definition) is 2. The van der Waals surface area contributed by atoms with Crippen LogP contribution < -0.4 is 10.6 Å². The summed E-state index contributed by atoms with van der Waals surface area (Å²) >= 11 is 0. The van der Waals surface area contributed by atoms with E-state index in [0.29, 0.717) is 19.1 Å². The number of rotatable bonds is 6. The molecule has 0 spiro atoms. The zero-order chi connectivity index (χ0) is 13.9. The summed E-state index contributed by atoms with van der Waals surface area (Å²) < 4.78 is 0. The van der Waals surface area contributed by atoms with E-state index in [1.807, 2.05) is 0 Å². The molecule has 0 aromatic heterocycles. The third kappa shape index (κ3) is 4.35. The lowest BCUT2D eigenvalue weighted by Gasteiger charge is -2.26. The smallest absolute Gasteiger partial charge is 0.233 e. The first kappa shape index (κ1) is 14.1. The zero-order valence-electron chi connectivity index (χ0n) is 12.1. The van der Waals surface area contributed by atoms with Gasteiger partial charge in [-0.15, -0.1) is 0 Å². The second-order valence-corrected chi connectivity index (χ2v) is 6.19. The SMILES string of the molecule is Cc1cccc(C(C)(C)CNC(=O)CNC2CC2)c1. The van der Waals surface area contributed by atoms with E-state index in [4.69, 9.17) is 0 Å². The number of carbonyl (C=O) groups excluding carboxylic acids is 1. The fraction of sp³-hybridized carbons (Fsp3) is 0.562. The average Bonchev–Trinajstić information content (AvgIpc) is 3.18. The molecular weight excluding hydrogens is 236 g/mol. The van der Waals surface area contributed by atoms with Crippen LogP contribution in [-0.4, -0.2) is 25.0 Å². The quantitative estimate of drug-likeness (QED) is 0.823. The summed E-state index contributed by atoms with van der Waals surface area (Å²) in [5, 5.41) is 6.25. The molecule has 0 bridgehead atoms. The maximum atomic E-state index is 11.7. The van der Waals surface area contributed by atoms with Gasteiger partial charge in [-0.05, 0) is 25.3 Å². The Kier molecular flexibility index (Phi) is 4.25. The first-order valence-electron chi connectivity index (χ1n) is 7.04. The summed E-state index contributed by atoms with van der Waals surface area (Å²) in [7, 11) is 0. The summed E-state index contributed by atoms with van der Waals surface area (Å²) in [6.45, 7) is 7.53. The van der Waals surface area contributed by atoms with E-state index in [1.165, 1.54) is 24.0 Å². The Morgan fingerprint density at radius 1 is 1.37 bits per heavy atom. The van der Waals surface area contributed by atoms with Crippen LogP contribution in [0.2, 0.25) is 0 Å². The molecule has 0 atom stereocenters. The van der Waals surface area contributed by atoms with Crippen LogP contribution in [0.15, 0.2) is 24.3 Å². The molecule has 0 saturated heterocycles. The molecule has 0 aliphatic heterocycles. The van der Waals surface area contributed by atoms with Gasteiger partial charge in [-0.1, -0.05) is 43.7 Å². The van der Waals surface area contributed by atoms with E-state index in [-0.39, 0.29) is 11.3 Å². The van der Waals surface area contributed by atoms with Gasteiger partial charge in [-0.3, -0.25) is 4.79 Å². The highest BCUT2D eigenvalue weighted by atomic mass is 16.1. The van der Waals surface area contributed by atoms with E-state index in [2.05, 4.69) is 55.7 Å². The fourth-order valence-electron chi connectivity index (χ4n) is 2.07. The molecule has 1 aromatic carbocycles. The Labute approximate surface area is 115 Å². The van der Waals surface area contributed by atoms with Crippen molar-refractivity contribution >= 4 is 5.91 Å². The highest BCUT2D eigenvalue weighted by Gasteiger charge is 2.23. The first-order chi connectivity index (χ1) is 8.97. The van der Waals surface area contributed by atoms with Crippen LogP contribution in [-0.2, 0) is 10.2 Å². The van der Waals surface area contributed by atoms with Gasteiger partial charge in [0.2, 0.25) is 5.91 Å². The Hall–Kier alpha value is -1.35. The first-order valence-corrected chi connectivity index (χ1v) is 7.04. The van der Waals surface area contributed by atoms with Crippen LogP contribution in [0, 0.1) is 6.92 Å². The van der Waals surface area contributed by atoms with E-state index < -0.39 is 0 Å². The number of nitrogens with one attached hydrogen (secondary N) is 2. The zero-order valence-corrected chi connectivity index (χ0v) is 12.1. The molecule has 1 aliphatic carbocycles. The van der Waals surface area contributed by atoms with Gasteiger partial charge in [0.05, 0.1) is 6.54 Å². The summed E-state index contributed by atoms with van der Waals surface area (Å²) in [6.07, 6.45) is 2.42. The molecule has 0 radical (unpaired) electrons. The van der Waals surface area contributed by atoms with Crippen LogP contribution in [0.3, 0.4) is 0 Å². The van der Waals surface area contributed by atoms with Gasteiger partial charge in [0.25, 0.3) is 0 Å². The normalized spacial score (nSPS) is 15.3. The molecule has 0 unspecified atom stereocenters. The van der Waals surface area contributed by atoms with Gasteiger partial charge < -0.3 is 10.6 Å². The summed E-state index contributed by atoms with van der Waals surface area (Å²) in [5.74, 6) is 0.0904. The van der Waals surface area contributed by atoms with E-state index in [0.717, 1.165) is 0 Å². The lowest BCUT2D eigenvalue weighted by atomic mass is 9.84. The average molecular weight is 260 g/mol. The van der Waals surface area contributed by atoms with Gasteiger partial charge in [0.15, 0.2) is 0 Å². The Morgan fingerprint density at radius 2 is 2.11 bits per heavy atom. The van der Waals surface area contributed by atoms with Crippen LogP contribution in [0.25, 0.3) is 0 Å². The van der Waals surface area contributed by atoms with Crippen molar-refractivity contribution in [3.8, 4) is 0 Å². The molecule has 1 saturated carbocycles. The van der Waals surface area contributed by atoms with Crippen molar-refractivity contribution in [3.63, 3.8) is 0 Å². The number of amides is 1. The topological polar surface area (TPSA) is 41.1 Å². The highest BCUT2D eigenvalue weighted by Crippen LogP contribution is 2.23. The largest absolute Gasteiger partial charge is 0.354 e. The maximum absolute atomic E-state index is 11.7. The molecule has 3 heteroatoms. The lowest BCUT2D eigenvalue weighted by molar-refractivity contribution is -0.120. The van der Waals surface area contributed by atoms with Crippen molar-refractivity contribution in [1.29, 1.82) is 0 Å². The van der Waals surface area contributed by atoms with Crippen molar-refractivity contribution in [2.24, 2.45) is 0 Å². The standard InChI is InChI=1S/C16H24N2O/c1-12-5-4-6-13(9-12)16(2,3)11-18-15(19)10-17-14-7-8-14/h4-6,9,14,17H,7-8,10-11H2,1-3H3,(H,18,19). The second-order valence-electron chi connectivity index (χ2n) is 6.19. The molecule has 3 nitrogen and oxygen atoms in total. The summed E-state index contributed by atoms with van der Waals surface area (Å²) in [4.78, 5) is 11.7. The number of benzene rings is 1.